The van der Waals surface area contributed by atoms with E-state index in [0.717, 1.165) is 6.04 Å². The maximum absolute atomic E-state index is 3.71. The number of nitrogens with zero attached hydrogens (tertiary/aromatic N) is 1. The molecule has 1 aliphatic carbocycles. The summed E-state index contributed by atoms with van der Waals surface area (Å²) >= 11 is 0. The molecule has 0 aromatic rings. The van der Waals surface area contributed by atoms with E-state index in [1.807, 2.05) is 0 Å². The molecule has 0 bridgehead atoms. The fourth-order valence-electron chi connectivity index (χ4n) is 3.65. The van der Waals surface area contributed by atoms with Crippen LogP contribution >= 0.6 is 0 Å². The molecule has 2 aliphatic rings. The van der Waals surface area contributed by atoms with Crippen LogP contribution in [0.1, 0.15) is 60.3 Å². The van der Waals surface area contributed by atoms with Crippen molar-refractivity contribution in [2.24, 2.45) is 10.8 Å². The Morgan fingerprint density at radius 3 is 2.56 bits per heavy atom. The monoisotopic (exact) mass is 252 g/mol. The lowest BCUT2D eigenvalue weighted by atomic mass is 9.74. The standard InChI is InChI=1S/C16H32N2/c1-15(2,3)14-12-18(10-9-17-14)13-7-6-8-16(4,5)11-13/h13-14,17H,6-12H2,1-5H3. The second-order valence-electron chi connectivity index (χ2n) is 8.28. The van der Waals surface area contributed by atoms with E-state index in [4.69, 9.17) is 0 Å². The minimum absolute atomic E-state index is 0.378. The molecule has 0 aromatic carbocycles. The van der Waals surface area contributed by atoms with Crippen LogP contribution in [-0.2, 0) is 0 Å². The topological polar surface area (TPSA) is 15.3 Å². The van der Waals surface area contributed by atoms with Gasteiger partial charge in [0.1, 0.15) is 0 Å². The van der Waals surface area contributed by atoms with Crippen LogP contribution in [0.3, 0.4) is 0 Å². The molecule has 0 radical (unpaired) electrons. The number of hydrogen-bond donors (Lipinski definition) is 1. The van der Waals surface area contributed by atoms with Crippen molar-refractivity contribution >= 4 is 0 Å². The SMILES string of the molecule is CC1(C)CCCC(N2CCNC(C(C)(C)C)C2)C1. The minimum atomic E-state index is 0.378. The zero-order chi connectivity index (χ0) is 13.4. The van der Waals surface area contributed by atoms with Gasteiger partial charge in [-0.3, -0.25) is 4.90 Å². The summed E-state index contributed by atoms with van der Waals surface area (Å²) in [5.74, 6) is 0. The molecule has 0 spiro atoms. The van der Waals surface area contributed by atoms with Crippen molar-refractivity contribution in [3.05, 3.63) is 0 Å². The van der Waals surface area contributed by atoms with Crippen LogP contribution < -0.4 is 5.32 Å². The van der Waals surface area contributed by atoms with Crippen LogP contribution in [0.2, 0.25) is 0 Å². The molecule has 2 rings (SSSR count). The molecule has 2 atom stereocenters. The zero-order valence-electron chi connectivity index (χ0n) is 13.1. The predicted octanol–water partition coefficient (Wildman–Crippen LogP) is 3.28. The van der Waals surface area contributed by atoms with E-state index in [1.165, 1.54) is 45.3 Å². The average molecular weight is 252 g/mol. The molecular weight excluding hydrogens is 220 g/mol. The molecule has 2 nitrogen and oxygen atoms in total. The van der Waals surface area contributed by atoms with E-state index in [1.54, 1.807) is 0 Å². The zero-order valence-corrected chi connectivity index (χ0v) is 13.1. The average Bonchev–Trinajstić information content (AvgIpc) is 2.27. The van der Waals surface area contributed by atoms with Crippen LogP contribution in [0.4, 0.5) is 0 Å². The van der Waals surface area contributed by atoms with Crippen molar-refractivity contribution in [2.75, 3.05) is 19.6 Å². The quantitative estimate of drug-likeness (QED) is 0.770. The molecule has 1 saturated carbocycles. The van der Waals surface area contributed by atoms with Gasteiger partial charge in [0, 0.05) is 31.7 Å². The fraction of sp³-hybridized carbons (Fsp3) is 1.00. The number of piperazine rings is 1. The van der Waals surface area contributed by atoms with Crippen molar-refractivity contribution in [3.63, 3.8) is 0 Å². The Balaban J connectivity index is 1.96. The highest BCUT2D eigenvalue weighted by atomic mass is 15.2. The Kier molecular flexibility index (Phi) is 4.08. The van der Waals surface area contributed by atoms with Crippen molar-refractivity contribution in [3.8, 4) is 0 Å². The molecule has 0 amide bonds. The van der Waals surface area contributed by atoms with Gasteiger partial charge >= 0.3 is 0 Å². The van der Waals surface area contributed by atoms with Crippen LogP contribution in [0.15, 0.2) is 0 Å². The highest BCUT2D eigenvalue weighted by Gasteiger charge is 2.36. The molecule has 18 heavy (non-hydrogen) atoms. The Morgan fingerprint density at radius 2 is 1.94 bits per heavy atom. The highest BCUT2D eigenvalue weighted by molar-refractivity contribution is 4.92. The van der Waals surface area contributed by atoms with E-state index in [2.05, 4.69) is 44.8 Å². The maximum Gasteiger partial charge on any atom is 0.0244 e. The van der Waals surface area contributed by atoms with Gasteiger partial charge in [0.2, 0.25) is 0 Å². The summed E-state index contributed by atoms with van der Waals surface area (Å²) in [6.07, 6.45) is 5.64. The van der Waals surface area contributed by atoms with Crippen molar-refractivity contribution in [1.29, 1.82) is 0 Å². The Bertz CT molecular complexity index is 274. The molecule has 0 aromatic heterocycles. The van der Waals surface area contributed by atoms with Gasteiger partial charge in [-0.25, -0.2) is 0 Å². The molecule has 2 fully saturated rings. The summed E-state index contributed by atoms with van der Waals surface area (Å²) in [7, 11) is 0. The van der Waals surface area contributed by atoms with E-state index < -0.39 is 0 Å². The maximum atomic E-state index is 3.71. The largest absolute Gasteiger partial charge is 0.311 e. The summed E-state index contributed by atoms with van der Waals surface area (Å²) in [6.45, 7) is 15.6. The lowest BCUT2D eigenvalue weighted by Gasteiger charge is -2.47. The van der Waals surface area contributed by atoms with Gasteiger partial charge in [-0.2, -0.15) is 0 Å². The Hall–Kier alpha value is -0.0800. The Labute approximate surface area is 114 Å². The number of nitrogens with one attached hydrogen (secondary N) is 1. The van der Waals surface area contributed by atoms with E-state index >= 15 is 0 Å². The number of rotatable bonds is 1. The molecular formula is C16H32N2. The summed E-state index contributed by atoms with van der Waals surface area (Å²) < 4.78 is 0. The third-order valence-electron chi connectivity index (χ3n) is 4.95. The van der Waals surface area contributed by atoms with E-state index in [-0.39, 0.29) is 0 Å². The second kappa shape index (κ2) is 5.13. The number of hydrogen-bond acceptors (Lipinski definition) is 2. The lowest BCUT2D eigenvalue weighted by Crippen LogP contribution is -2.59. The van der Waals surface area contributed by atoms with Crippen LogP contribution in [-0.4, -0.2) is 36.6 Å². The molecule has 2 unspecified atom stereocenters. The van der Waals surface area contributed by atoms with Gasteiger partial charge < -0.3 is 5.32 Å². The third-order valence-corrected chi connectivity index (χ3v) is 4.95. The van der Waals surface area contributed by atoms with Gasteiger partial charge in [-0.05, 0) is 30.1 Å². The molecule has 106 valence electrons. The third kappa shape index (κ3) is 3.48. The van der Waals surface area contributed by atoms with Crippen LogP contribution in [0.5, 0.6) is 0 Å². The van der Waals surface area contributed by atoms with Gasteiger partial charge in [0.15, 0.2) is 0 Å². The second-order valence-corrected chi connectivity index (χ2v) is 8.28. The normalized spacial score (nSPS) is 34.5. The summed E-state index contributed by atoms with van der Waals surface area (Å²) in [5, 5.41) is 3.71. The molecule has 2 heteroatoms. The summed E-state index contributed by atoms with van der Waals surface area (Å²) in [6, 6.07) is 1.48. The van der Waals surface area contributed by atoms with Gasteiger partial charge in [-0.1, -0.05) is 41.0 Å². The van der Waals surface area contributed by atoms with Crippen molar-refractivity contribution < 1.29 is 0 Å². The Morgan fingerprint density at radius 1 is 1.22 bits per heavy atom. The van der Waals surface area contributed by atoms with Crippen LogP contribution in [0, 0.1) is 10.8 Å². The van der Waals surface area contributed by atoms with Gasteiger partial charge in [0.05, 0.1) is 0 Å². The summed E-state index contributed by atoms with van der Waals surface area (Å²) in [4.78, 5) is 2.77. The first kappa shape index (κ1) is 14.3. The molecule has 1 heterocycles. The first-order chi connectivity index (χ1) is 8.28. The van der Waals surface area contributed by atoms with Gasteiger partial charge in [0.25, 0.3) is 0 Å². The molecule has 1 saturated heterocycles. The fourth-order valence-corrected chi connectivity index (χ4v) is 3.65. The summed E-state index contributed by atoms with van der Waals surface area (Å²) in [5.41, 5.74) is 0.938. The van der Waals surface area contributed by atoms with Crippen LogP contribution in [0.25, 0.3) is 0 Å². The first-order valence-corrected chi connectivity index (χ1v) is 7.75. The van der Waals surface area contributed by atoms with Crippen molar-refractivity contribution in [1.82, 2.24) is 10.2 Å². The molecule has 1 aliphatic heterocycles. The smallest absolute Gasteiger partial charge is 0.0244 e. The molecule has 1 N–H and O–H groups in total. The van der Waals surface area contributed by atoms with E-state index in [0.29, 0.717) is 16.9 Å². The lowest BCUT2D eigenvalue weighted by molar-refractivity contribution is 0.0498. The van der Waals surface area contributed by atoms with Gasteiger partial charge in [-0.15, -0.1) is 0 Å². The minimum Gasteiger partial charge on any atom is -0.311 e. The predicted molar refractivity (Wildman–Crippen MR) is 78.9 cm³/mol. The van der Waals surface area contributed by atoms with Crippen molar-refractivity contribution in [2.45, 2.75) is 72.4 Å². The first-order valence-electron chi connectivity index (χ1n) is 7.75. The van der Waals surface area contributed by atoms with E-state index in [9.17, 15) is 0 Å². The highest BCUT2D eigenvalue weighted by Crippen LogP contribution is 2.38.